The molecule has 0 spiro atoms. The average molecular weight is 290 g/mol. The maximum absolute atomic E-state index is 6.29. The van der Waals surface area contributed by atoms with E-state index in [0.717, 1.165) is 29.6 Å². The Hall–Kier alpha value is -0.190. The highest BCUT2D eigenvalue weighted by molar-refractivity contribution is 7.99. The summed E-state index contributed by atoms with van der Waals surface area (Å²) in [5.74, 6) is 2.36. The molecule has 0 bridgehead atoms. The van der Waals surface area contributed by atoms with Gasteiger partial charge in [-0.3, -0.25) is 4.68 Å². The highest BCUT2D eigenvalue weighted by atomic mass is 35.5. The first-order valence-electron chi connectivity index (χ1n) is 6.59. The molecule has 1 rings (SSSR count). The van der Waals surface area contributed by atoms with Crippen LogP contribution >= 0.6 is 23.4 Å². The zero-order chi connectivity index (χ0) is 13.5. The molecule has 0 aliphatic heterocycles. The summed E-state index contributed by atoms with van der Waals surface area (Å²) in [6.45, 7) is 7.39. The van der Waals surface area contributed by atoms with Gasteiger partial charge in [-0.05, 0) is 32.1 Å². The molecular formula is C13H24ClN3S. The van der Waals surface area contributed by atoms with Crippen molar-refractivity contribution in [1.82, 2.24) is 15.1 Å². The first kappa shape index (κ1) is 15.9. The van der Waals surface area contributed by atoms with Crippen molar-refractivity contribution in [3.05, 3.63) is 16.4 Å². The lowest BCUT2D eigenvalue weighted by atomic mass is 10.1. The van der Waals surface area contributed by atoms with E-state index in [-0.39, 0.29) is 0 Å². The van der Waals surface area contributed by atoms with Gasteiger partial charge in [-0.2, -0.15) is 16.9 Å². The molecule has 1 atom stereocenters. The fourth-order valence-corrected chi connectivity index (χ4v) is 3.23. The van der Waals surface area contributed by atoms with E-state index in [1.807, 2.05) is 25.7 Å². The van der Waals surface area contributed by atoms with Crippen LogP contribution in [0.1, 0.15) is 31.5 Å². The second kappa shape index (κ2) is 8.08. The maximum atomic E-state index is 6.29. The number of likely N-dealkylation sites (N-methyl/N-ethyl adjacent to an activating group) is 1. The molecule has 0 saturated heterocycles. The summed E-state index contributed by atoms with van der Waals surface area (Å²) < 4.78 is 1.76. The fraction of sp³-hybridized carbons (Fsp3) is 0.769. The Bertz CT molecular complexity index is 365. The summed E-state index contributed by atoms with van der Waals surface area (Å²) in [5, 5.41) is 8.68. The summed E-state index contributed by atoms with van der Waals surface area (Å²) in [4.78, 5) is 0. The highest BCUT2D eigenvalue weighted by Crippen LogP contribution is 2.21. The molecule has 0 saturated carbocycles. The van der Waals surface area contributed by atoms with E-state index in [1.165, 1.54) is 17.7 Å². The summed E-state index contributed by atoms with van der Waals surface area (Å²) in [5.41, 5.74) is 2.23. The van der Waals surface area contributed by atoms with E-state index >= 15 is 0 Å². The number of nitrogens with one attached hydrogen (secondary N) is 1. The van der Waals surface area contributed by atoms with Gasteiger partial charge in [0.15, 0.2) is 0 Å². The van der Waals surface area contributed by atoms with Gasteiger partial charge < -0.3 is 5.32 Å². The van der Waals surface area contributed by atoms with E-state index in [1.54, 1.807) is 4.68 Å². The van der Waals surface area contributed by atoms with E-state index < -0.39 is 0 Å². The van der Waals surface area contributed by atoms with Crippen LogP contribution < -0.4 is 5.32 Å². The fourth-order valence-electron chi connectivity index (χ4n) is 2.00. The second-order valence-electron chi connectivity index (χ2n) is 4.51. The number of thioether (sulfide) groups is 1. The van der Waals surface area contributed by atoms with Crippen LogP contribution in [0.2, 0.25) is 5.15 Å². The molecule has 0 radical (unpaired) electrons. The minimum Gasteiger partial charge on any atom is -0.313 e. The van der Waals surface area contributed by atoms with Crippen molar-refractivity contribution in [2.24, 2.45) is 7.05 Å². The van der Waals surface area contributed by atoms with Crippen LogP contribution in [0.4, 0.5) is 0 Å². The molecule has 0 aliphatic rings. The van der Waals surface area contributed by atoms with Crippen molar-refractivity contribution in [2.75, 3.05) is 18.1 Å². The lowest BCUT2D eigenvalue weighted by Gasteiger charge is -2.17. The molecule has 0 amide bonds. The summed E-state index contributed by atoms with van der Waals surface area (Å²) in [6.07, 6.45) is 2.19. The standard InChI is InChI=1S/C13H24ClN3S/c1-5-7-18-9-11(15-6-2)8-12-10(3)16-17(4)13(12)14/h11,15H,5-9H2,1-4H3. The molecule has 1 N–H and O–H groups in total. The van der Waals surface area contributed by atoms with E-state index in [4.69, 9.17) is 11.6 Å². The number of nitrogens with zero attached hydrogens (tertiary/aromatic N) is 2. The zero-order valence-electron chi connectivity index (χ0n) is 11.8. The first-order chi connectivity index (χ1) is 8.60. The number of aryl methyl sites for hydroxylation is 2. The lowest BCUT2D eigenvalue weighted by Crippen LogP contribution is -2.33. The Morgan fingerprint density at radius 2 is 2.17 bits per heavy atom. The number of halogens is 1. The van der Waals surface area contributed by atoms with Gasteiger partial charge in [0.05, 0.1) is 5.69 Å². The summed E-state index contributed by atoms with van der Waals surface area (Å²) in [6, 6.07) is 0.479. The van der Waals surface area contributed by atoms with Gasteiger partial charge in [-0.25, -0.2) is 0 Å². The molecule has 18 heavy (non-hydrogen) atoms. The molecule has 0 fully saturated rings. The van der Waals surface area contributed by atoms with Gasteiger partial charge in [0, 0.05) is 24.4 Å². The van der Waals surface area contributed by atoms with Crippen LogP contribution in [0.3, 0.4) is 0 Å². The van der Waals surface area contributed by atoms with Gasteiger partial charge >= 0.3 is 0 Å². The van der Waals surface area contributed by atoms with Gasteiger partial charge in [-0.1, -0.05) is 25.4 Å². The predicted octanol–water partition coefficient (Wildman–Crippen LogP) is 3.05. The Morgan fingerprint density at radius 3 is 2.67 bits per heavy atom. The quantitative estimate of drug-likeness (QED) is 0.746. The lowest BCUT2D eigenvalue weighted by molar-refractivity contribution is 0.571. The Labute approximate surface area is 120 Å². The first-order valence-corrected chi connectivity index (χ1v) is 8.12. The predicted molar refractivity (Wildman–Crippen MR) is 81.7 cm³/mol. The van der Waals surface area contributed by atoms with Crippen molar-refractivity contribution in [3.8, 4) is 0 Å². The molecule has 0 aliphatic carbocycles. The van der Waals surface area contributed by atoms with Crippen LogP contribution in [0, 0.1) is 6.92 Å². The summed E-state index contributed by atoms with van der Waals surface area (Å²) in [7, 11) is 1.90. The van der Waals surface area contributed by atoms with Crippen molar-refractivity contribution >= 4 is 23.4 Å². The van der Waals surface area contributed by atoms with Crippen molar-refractivity contribution < 1.29 is 0 Å². The number of rotatable bonds is 8. The smallest absolute Gasteiger partial charge is 0.130 e. The third kappa shape index (κ3) is 4.48. The third-order valence-electron chi connectivity index (χ3n) is 2.88. The Morgan fingerprint density at radius 1 is 1.44 bits per heavy atom. The van der Waals surface area contributed by atoms with Gasteiger partial charge in [0.1, 0.15) is 5.15 Å². The van der Waals surface area contributed by atoms with Gasteiger partial charge in [0.2, 0.25) is 0 Å². The molecule has 1 unspecified atom stereocenters. The van der Waals surface area contributed by atoms with Gasteiger partial charge in [-0.15, -0.1) is 0 Å². The van der Waals surface area contributed by atoms with Crippen LogP contribution in [0.15, 0.2) is 0 Å². The molecule has 5 heteroatoms. The van der Waals surface area contributed by atoms with Crippen LogP contribution in [0.25, 0.3) is 0 Å². The van der Waals surface area contributed by atoms with Crippen LogP contribution in [-0.4, -0.2) is 33.9 Å². The molecule has 1 aromatic heterocycles. The third-order valence-corrected chi connectivity index (χ3v) is 4.69. The summed E-state index contributed by atoms with van der Waals surface area (Å²) >= 11 is 8.29. The maximum Gasteiger partial charge on any atom is 0.130 e. The normalized spacial score (nSPS) is 12.9. The van der Waals surface area contributed by atoms with Crippen molar-refractivity contribution in [1.29, 1.82) is 0 Å². The molecule has 1 heterocycles. The molecule has 104 valence electrons. The number of hydrogen-bond donors (Lipinski definition) is 1. The number of aromatic nitrogens is 2. The Balaban J connectivity index is 2.64. The average Bonchev–Trinajstić information content (AvgIpc) is 2.56. The SMILES string of the molecule is CCCSCC(Cc1c(C)nn(C)c1Cl)NCC. The van der Waals surface area contributed by atoms with E-state index in [9.17, 15) is 0 Å². The van der Waals surface area contributed by atoms with E-state index in [0.29, 0.717) is 6.04 Å². The topological polar surface area (TPSA) is 29.9 Å². The molecule has 0 aromatic carbocycles. The van der Waals surface area contributed by atoms with Crippen LogP contribution in [-0.2, 0) is 13.5 Å². The monoisotopic (exact) mass is 289 g/mol. The number of hydrogen-bond acceptors (Lipinski definition) is 3. The van der Waals surface area contributed by atoms with Crippen molar-refractivity contribution in [3.63, 3.8) is 0 Å². The highest BCUT2D eigenvalue weighted by Gasteiger charge is 2.16. The molecular weight excluding hydrogens is 266 g/mol. The van der Waals surface area contributed by atoms with Gasteiger partial charge in [0.25, 0.3) is 0 Å². The Kier molecular flexibility index (Phi) is 7.12. The van der Waals surface area contributed by atoms with Crippen LogP contribution in [0.5, 0.6) is 0 Å². The second-order valence-corrected chi connectivity index (χ2v) is 6.02. The minimum absolute atomic E-state index is 0.479. The minimum atomic E-state index is 0.479. The van der Waals surface area contributed by atoms with E-state index in [2.05, 4.69) is 24.3 Å². The molecule has 3 nitrogen and oxygen atoms in total. The zero-order valence-corrected chi connectivity index (χ0v) is 13.4. The molecule has 1 aromatic rings. The largest absolute Gasteiger partial charge is 0.313 e. The van der Waals surface area contributed by atoms with Crippen molar-refractivity contribution in [2.45, 2.75) is 39.7 Å².